The van der Waals surface area contributed by atoms with E-state index in [9.17, 15) is 14.7 Å². The summed E-state index contributed by atoms with van der Waals surface area (Å²) >= 11 is 0. The van der Waals surface area contributed by atoms with Crippen LogP contribution in [0.25, 0.3) is 0 Å². The van der Waals surface area contributed by atoms with Crippen LogP contribution in [0.3, 0.4) is 0 Å². The molecule has 1 aliphatic rings. The van der Waals surface area contributed by atoms with Gasteiger partial charge in [0.1, 0.15) is 6.61 Å². The summed E-state index contributed by atoms with van der Waals surface area (Å²) in [6, 6.07) is 0. The number of hydrogen-bond donors (Lipinski definition) is 1. The van der Waals surface area contributed by atoms with E-state index in [-0.39, 0.29) is 31.8 Å². The van der Waals surface area contributed by atoms with Crippen molar-refractivity contribution in [2.24, 2.45) is 0 Å². The Hall–Kier alpha value is -2.22. The first kappa shape index (κ1) is 46.8. The van der Waals surface area contributed by atoms with Gasteiger partial charge in [0.05, 0.1) is 19.3 Å². The van der Waals surface area contributed by atoms with Crippen LogP contribution in [0.2, 0.25) is 0 Å². The van der Waals surface area contributed by atoms with Crippen molar-refractivity contribution < 1.29 is 33.6 Å². The fourth-order valence-electron chi connectivity index (χ4n) is 5.84. The van der Waals surface area contributed by atoms with Crippen LogP contribution in [-0.4, -0.2) is 55.4 Å². The largest absolute Gasteiger partial charge is 0.462 e. The number of aliphatic hydroxyl groups excluding tert-OH is 1. The molecule has 1 heterocycles. The lowest BCUT2D eigenvalue weighted by Gasteiger charge is -2.27. The summed E-state index contributed by atoms with van der Waals surface area (Å²) in [5.74, 6) is -0.563. The van der Waals surface area contributed by atoms with Crippen molar-refractivity contribution in [1.82, 2.24) is 0 Å². The lowest BCUT2D eigenvalue weighted by atomic mass is 10.1. The number of allylic oxidation sites excluding steroid dienone is 8. The van der Waals surface area contributed by atoms with Gasteiger partial charge >= 0.3 is 11.9 Å². The Morgan fingerprint density at radius 1 is 0.608 bits per heavy atom. The van der Waals surface area contributed by atoms with E-state index < -0.39 is 18.5 Å². The molecule has 3 atom stereocenters. The first-order chi connectivity index (χ1) is 25.0. The molecule has 1 N–H and O–H groups in total. The van der Waals surface area contributed by atoms with Gasteiger partial charge in [-0.1, -0.05) is 127 Å². The van der Waals surface area contributed by atoms with Gasteiger partial charge in [-0.15, -0.1) is 0 Å². The predicted molar refractivity (Wildman–Crippen MR) is 210 cm³/mol. The quantitative estimate of drug-likeness (QED) is 0.0402. The molecule has 0 radical (unpaired) electrons. The molecule has 0 bridgehead atoms. The van der Waals surface area contributed by atoms with E-state index in [0.29, 0.717) is 25.7 Å². The minimum atomic E-state index is -0.681. The SMILES string of the molecule is CCCCC/C=C\C/C=C\CCCCCCCC(=O)OC[C@H](CO[C@H]1CC[C@@H](O)CO1)OC(=O)CCCCCCC/C=C\C/C=C\CCCCC. The average Bonchev–Trinajstić information content (AvgIpc) is 3.13. The number of hydrogen-bond acceptors (Lipinski definition) is 7. The third-order valence-electron chi connectivity index (χ3n) is 9.07. The Bertz CT molecular complexity index is 916. The molecule has 0 amide bonds. The molecule has 294 valence electrons. The van der Waals surface area contributed by atoms with Gasteiger partial charge in [0.15, 0.2) is 12.4 Å². The summed E-state index contributed by atoms with van der Waals surface area (Å²) in [5.41, 5.74) is 0. The molecular formula is C44H76O7. The van der Waals surface area contributed by atoms with Gasteiger partial charge in [0, 0.05) is 19.3 Å². The van der Waals surface area contributed by atoms with Crippen molar-refractivity contribution in [3.05, 3.63) is 48.6 Å². The van der Waals surface area contributed by atoms with Crippen molar-refractivity contribution in [2.45, 2.75) is 199 Å². The molecule has 1 aliphatic heterocycles. The second kappa shape index (κ2) is 36.2. The third kappa shape index (κ3) is 32.2. The molecule has 0 aromatic rings. The van der Waals surface area contributed by atoms with Crippen LogP contribution in [0.1, 0.15) is 181 Å². The van der Waals surface area contributed by atoms with E-state index in [1.54, 1.807) is 0 Å². The fraction of sp³-hybridized carbons (Fsp3) is 0.773. The van der Waals surface area contributed by atoms with Crippen LogP contribution < -0.4 is 0 Å². The number of esters is 2. The highest BCUT2D eigenvalue weighted by molar-refractivity contribution is 5.70. The van der Waals surface area contributed by atoms with E-state index in [4.69, 9.17) is 18.9 Å². The molecule has 7 heteroatoms. The summed E-state index contributed by atoms with van der Waals surface area (Å²) in [6.45, 7) is 4.76. The molecule has 7 nitrogen and oxygen atoms in total. The Kier molecular flexibility index (Phi) is 33.2. The number of carbonyl (C=O) groups is 2. The van der Waals surface area contributed by atoms with Crippen LogP contribution in [0.4, 0.5) is 0 Å². The van der Waals surface area contributed by atoms with E-state index in [2.05, 4.69) is 62.5 Å². The van der Waals surface area contributed by atoms with Crippen molar-refractivity contribution in [2.75, 3.05) is 19.8 Å². The molecule has 0 aromatic carbocycles. The van der Waals surface area contributed by atoms with Crippen LogP contribution in [0.15, 0.2) is 48.6 Å². The highest BCUT2D eigenvalue weighted by Crippen LogP contribution is 2.16. The number of aliphatic hydroxyl groups is 1. The van der Waals surface area contributed by atoms with Crippen LogP contribution in [-0.2, 0) is 28.5 Å². The van der Waals surface area contributed by atoms with E-state index >= 15 is 0 Å². The molecule has 0 aliphatic carbocycles. The summed E-state index contributed by atoms with van der Waals surface area (Å²) < 4.78 is 22.6. The zero-order valence-corrected chi connectivity index (χ0v) is 32.8. The number of rotatable bonds is 34. The van der Waals surface area contributed by atoms with Crippen molar-refractivity contribution >= 4 is 11.9 Å². The molecule has 51 heavy (non-hydrogen) atoms. The zero-order valence-electron chi connectivity index (χ0n) is 32.8. The van der Waals surface area contributed by atoms with E-state index in [0.717, 1.165) is 77.0 Å². The Labute approximate surface area is 312 Å². The maximum Gasteiger partial charge on any atom is 0.306 e. The maximum atomic E-state index is 12.7. The molecule has 0 unspecified atom stereocenters. The van der Waals surface area contributed by atoms with Gasteiger partial charge in [-0.05, 0) is 83.5 Å². The first-order valence-electron chi connectivity index (χ1n) is 20.9. The summed E-state index contributed by atoms with van der Waals surface area (Å²) in [7, 11) is 0. The maximum absolute atomic E-state index is 12.7. The molecule has 1 rings (SSSR count). The van der Waals surface area contributed by atoms with Gasteiger partial charge in [0.2, 0.25) is 0 Å². The lowest BCUT2D eigenvalue weighted by molar-refractivity contribution is -0.205. The zero-order chi connectivity index (χ0) is 36.9. The third-order valence-corrected chi connectivity index (χ3v) is 9.07. The molecule has 0 spiro atoms. The highest BCUT2D eigenvalue weighted by Gasteiger charge is 2.24. The van der Waals surface area contributed by atoms with Gasteiger partial charge in [0.25, 0.3) is 0 Å². The van der Waals surface area contributed by atoms with Gasteiger partial charge in [-0.25, -0.2) is 0 Å². The van der Waals surface area contributed by atoms with Crippen LogP contribution >= 0.6 is 0 Å². The van der Waals surface area contributed by atoms with E-state index in [1.165, 1.54) is 64.2 Å². The molecular weight excluding hydrogens is 640 g/mol. The second-order valence-corrected chi connectivity index (χ2v) is 14.1. The van der Waals surface area contributed by atoms with Gasteiger partial charge in [-0.2, -0.15) is 0 Å². The number of carbonyl (C=O) groups excluding carboxylic acids is 2. The Morgan fingerprint density at radius 2 is 1.08 bits per heavy atom. The summed E-state index contributed by atoms with van der Waals surface area (Å²) in [5, 5.41) is 9.69. The molecule has 0 saturated carbocycles. The smallest absolute Gasteiger partial charge is 0.306 e. The van der Waals surface area contributed by atoms with Gasteiger partial charge < -0.3 is 24.1 Å². The van der Waals surface area contributed by atoms with Crippen LogP contribution in [0.5, 0.6) is 0 Å². The van der Waals surface area contributed by atoms with Crippen molar-refractivity contribution in [3.8, 4) is 0 Å². The molecule has 1 saturated heterocycles. The topological polar surface area (TPSA) is 91.3 Å². The van der Waals surface area contributed by atoms with Crippen molar-refractivity contribution in [1.29, 1.82) is 0 Å². The Balaban J connectivity index is 2.20. The molecule has 0 aromatic heterocycles. The van der Waals surface area contributed by atoms with Crippen molar-refractivity contribution in [3.63, 3.8) is 0 Å². The predicted octanol–water partition coefficient (Wildman–Crippen LogP) is 11.6. The highest BCUT2D eigenvalue weighted by atomic mass is 16.7. The monoisotopic (exact) mass is 717 g/mol. The van der Waals surface area contributed by atoms with E-state index in [1.807, 2.05) is 0 Å². The lowest BCUT2D eigenvalue weighted by Crippen LogP contribution is -2.35. The fourth-order valence-corrected chi connectivity index (χ4v) is 5.84. The standard InChI is InChI=1S/C44H76O7/c1-3-5-7-9-11-13-15-17-19-21-23-25-27-29-31-33-42(46)48-38-41(39-50-44-36-35-40(45)37-49-44)51-43(47)34-32-30-28-26-24-22-20-18-16-14-12-10-8-6-4-2/h11-14,17-20,40-41,44-45H,3-10,15-16,21-39H2,1-2H3/b13-11-,14-12-,19-17-,20-18-/t40-,41-,44+/m1/s1. The molecule has 1 fully saturated rings. The van der Waals surface area contributed by atoms with Gasteiger partial charge in [-0.3, -0.25) is 9.59 Å². The number of unbranched alkanes of at least 4 members (excludes halogenated alkanes) is 16. The number of ether oxygens (including phenoxy) is 4. The first-order valence-corrected chi connectivity index (χ1v) is 20.9. The minimum Gasteiger partial charge on any atom is -0.462 e. The second-order valence-electron chi connectivity index (χ2n) is 14.1. The Morgan fingerprint density at radius 3 is 1.57 bits per heavy atom. The normalized spacial score (nSPS) is 17.3. The minimum absolute atomic E-state index is 0.0254. The average molecular weight is 717 g/mol. The summed E-state index contributed by atoms with van der Waals surface area (Å²) in [6.07, 6.45) is 43.3. The van der Waals surface area contributed by atoms with Crippen LogP contribution in [0, 0.1) is 0 Å². The summed E-state index contributed by atoms with van der Waals surface area (Å²) in [4.78, 5) is 25.1.